The molecule has 2 aromatic heterocycles. The minimum Gasteiger partial charge on any atom is -0.294 e. The summed E-state index contributed by atoms with van der Waals surface area (Å²) in [5.74, 6) is 0.379. The van der Waals surface area contributed by atoms with Gasteiger partial charge in [0.2, 0.25) is 0 Å². The van der Waals surface area contributed by atoms with Gasteiger partial charge in [-0.25, -0.2) is 0 Å². The van der Waals surface area contributed by atoms with E-state index in [1.165, 1.54) is 22.1 Å². The molecule has 0 bridgehead atoms. The average Bonchev–Trinajstić information content (AvgIpc) is 3.90. The van der Waals surface area contributed by atoms with E-state index >= 15 is 0 Å². The zero-order valence-electron chi connectivity index (χ0n) is 28.1. The highest BCUT2D eigenvalue weighted by Gasteiger charge is 2.47. The molecule has 1 N–H and O–H groups in total. The Hall–Kier alpha value is -3.67. The number of nitrogens with zero attached hydrogens (tertiary/aromatic N) is 3. The van der Waals surface area contributed by atoms with Crippen molar-refractivity contribution in [3.05, 3.63) is 97.7 Å². The molecule has 2 heterocycles. The number of carbonyl (C=O) groups excluding carboxylic acids is 2. The smallest absolute Gasteiger partial charge is 0.282 e. The van der Waals surface area contributed by atoms with Gasteiger partial charge < -0.3 is 0 Å². The van der Waals surface area contributed by atoms with Gasteiger partial charge in [0.1, 0.15) is 0 Å². The lowest BCUT2D eigenvalue weighted by Crippen LogP contribution is -2.26. The Balaban J connectivity index is 0.000000156. The first-order valence-corrected chi connectivity index (χ1v) is 20.1. The summed E-state index contributed by atoms with van der Waals surface area (Å²) in [6.07, 6.45) is 10.3. The minimum atomic E-state index is -3.77. The number of hydrogen-bond donors (Lipinski definition) is 1. The summed E-state index contributed by atoms with van der Waals surface area (Å²) in [5, 5.41) is 13.6. The fourth-order valence-corrected chi connectivity index (χ4v) is 11.5. The third kappa shape index (κ3) is 4.90. The Morgan fingerprint density at radius 1 is 0.800 bits per heavy atom. The van der Waals surface area contributed by atoms with E-state index in [-0.39, 0.29) is 27.3 Å². The molecule has 256 valence electrons. The van der Waals surface area contributed by atoms with Gasteiger partial charge in [0.05, 0.1) is 37.3 Å². The number of carbonyl (C=O) groups is 2. The lowest BCUT2D eigenvalue weighted by molar-refractivity contribution is -0.116. The van der Waals surface area contributed by atoms with Crippen molar-refractivity contribution in [2.75, 3.05) is 0 Å². The number of allylic oxidation sites excluding steroid dienone is 4. The Kier molecular flexibility index (Phi) is 8.00. The number of aromatic amines is 1. The van der Waals surface area contributed by atoms with Crippen molar-refractivity contribution >= 4 is 86.4 Å². The maximum absolute atomic E-state index is 13.1. The zero-order chi connectivity index (χ0) is 35.2. The van der Waals surface area contributed by atoms with E-state index in [0.29, 0.717) is 22.8 Å². The Morgan fingerprint density at radius 2 is 1.36 bits per heavy atom. The largest absolute Gasteiger partial charge is 0.294 e. The molecular formula is C39H36Br2N4O4S. The Bertz CT molecular complexity index is 2460. The van der Waals surface area contributed by atoms with E-state index in [2.05, 4.69) is 73.1 Å². The van der Waals surface area contributed by atoms with Crippen molar-refractivity contribution in [1.29, 1.82) is 0 Å². The number of H-pyrrole nitrogens is 1. The minimum absolute atomic E-state index is 0.0821. The van der Waals surface area contributed by atoms with E-state index in [1.807, 2.05) is 25.3 Å². The number of nitrogens with one attached hydrogen (secondary N) is 1. The molecule has 0 radical (unpaired) electrons. The second kappa shape index (κ2) is 12.0. The normalized spacial score (nSPS) is 22.8. The third-order valence-electron chi connectivity index (χ3n) is 11.7. The predicted octanol–water partition coefficient (Wildman–Crippen LogP) is 8.99. The van der Waals surface area contributed by atoms with Gasteiger partial charge in [0, 0.05) is 34.4 Å². The first-order chi connectivity index (χ1) is 23.9. The van der Waals surface area contributed by atoms with Gasteiger partial charge in [0.15, 0.2) is 11.6 Å². The molecule has 5 aromatic rings. The van der Waals surface area contributed by atoms with Crippen LogP contribution in [0.5, 0.6) is 0 Å². The monoisotopic (exact) mass is 814 g/mol. The van der Waals surface area contributed by atoms with Crippen LogP contribution in [0.15, 0.2) is 74.8 Å². The highest BCUT2D eigenvalue weighted by molar-refractivity contribution is 9.12. The molecular weight excluding hydrogens is 780 g/mol. The number of hydrogen-bond acceptors (Lipinski definition) is 6. The van der Waals surface area contributed by atoms with Crippen molar-refractivity contribution in [3.8, 4) is 0 Å². The lowest BCUT2D eigenvalue weighted by atomic mass is 9.71. The highest BCUT2D eigenvalue weighted by atomic mass is 79.9. The van der Waals surface area contributed by atoms with Crippen LogP contribution in [0, 0.1) is 17.8 Å². The number of aryl methyl sites for hydroxylation is 1. The second-order valence-electron chi connectivity index (χ2n) is 14.1. The first kappa shape index (κ1) is 33.5. The van der Waals surface area contributed by atoms with Crippen molar-refractivity contribution in [2.24, 2.45) is 10.8 Å². The summed E-state index contributed by atoms with van der Waals surface area (Å²) in [4.78, 5) is 24.7. The van der Waals surface area contributed by atoms with Gasteiger partial charge in [-0.05, 0) is 135 Å². The molecule has 0 amide bonds. The Morgan fingerprint density at radius 3 is 1.94 bits per heavy atom. The molecule has 0 aliphatic heterocycles. The van der Waals surface area contributed by atoms with Crippen LogP contribution >= 0.6 is 31.9 Å². The quantitative estimate of drug-likeness (QED) is 0.194. The Labute approximate surface area is 307 Å². The van der Waals surface area contributed by atoms with Crippen LogP contribution < -0.4 is 0 Å². The standard InChI is InChI=1S/C23H21BrN2O3S.C16H15BrN2O/c1-3-23-11-10-20(27)22(24)21(23)16-8-9-19-18(17(16)12-23)13-26(25-19)30(28,29)15-6-4-14(2)5-7-15;1-2-16-6-5-13(20)15(17)14(16)9-3-4-12-11(8-18-19-12)10(9)7-16/h4-9,13H,3,10-12H2,1-2H3;3-4,8H,2,5-7H2,1H3,(H,18,19). The molecule has 9 rings (SSSR count). The van der Waals surface area contributed by atoms with Gasteiger partial charge in [-0.1, -0.05) is 43.7 Å². The van der Waals surface area contributed by atoms with Crippen LogP contribution in [0.2, 0.25) is 0 Å². The van der Waals surface area contributed by atoms with Crippen LogP contribution in [0.1, 0.15) is 80.2 Å². The van der Waals surface area contributed by atoms with Gasteiger partial charge >= 0.3 is 0 Å². The van der Waals surface area contributed by atoms with Gasteiger partial charge in [-0.3, -0.25) is 14.7 Å². The van der Waals surface area contributed by atoms with E-state index in [4.69, 9.17) is 0 Å². The van der Waals surface area contributed by atoms with Gasteiger partial charge in [-0.15, -0.1) is 0 Å². The number of Topliss-reactive ketones (excluding diaryl/α,β-unsaturated/α-hetero) is 2. The summed E-state index contributed by atoms with van der Waals surface area (Å²) < 4.78 is 28.8. The number of rotatable bonds is 4. The summed E-state index contributed by atoms with van der Waals surface area (Å²) in [5.41, 5.74) is 9.79. The fraction of sp³-hybridized carbons (Fsp3) is 0.333. The molecule has 3 aromatic carbocycles. The first-order valence-electron chi connectivity index (χ1n) is 17.1. The van der Waals surface area contributed by atoms with Crippen molar-refractivity contribution in [3.63, 3.8) is 0 Å². The van der Waals surface area contributed by atoms with E-state index in [1.54, 1.807) is 30.5 Å². The number of ketones is 2. The summed E-state index contributed by atoms with van der Waals surface area (Å²) >= 11 is 7.13. The average molecular weight is 817 g/mol. The number of benzene rings is 3. The molecule has 0 spiro atoms. The van der Waals surface area contributed by atoms with Crippen LogP contribution in [0.25, 0.3) is 33.0 Å². The lowest BCUT2D eigenvalue weighted by Gasteiger charge is -2.34. The van der Waals surface area contributed by atoms with Crippen LogP contribution in [-0.4, -0.2) is 39.4 Å². The van der Waals surface area contributed by atoms with Crippen molar-refractivity contribution < 1.29 is 18.0 Å². The van der Waals surface area contributed by atoms with Crippen LogP contribution in [0.3, 0.4) is 0 Å². The fourth-order valence-electron chi connectivity index (χ4n) is 8.71. The maximum atomic E-state index is 13.1. The molecule has 0 fully saturated rings. The molecule has 4 aliphatic rings. The molecule has 4 aliphatic carbocycles. The molecule has 0 saturated heterocycles. The molecule has 2 unspecified atom stereocenters. The topological polar surface area (TPSA) is 115 Å². The van der Waals surface area contributed by atoms with Crippen molar-refractivity contribution in [1.82, 2.24) is 19.4 Å². The molecule has 2 atom stereocenters. The number of aromatic nitrogens is 4. The molecule has 50 heavy (non-hydrogen) atoms. The summed E-state index contributed by atoms with van der Waals surface area (Å²) in [7, 11) is -3.77. The predicted molar refractivity (Wildman–Crippen MR) is 203 cm³/mol. The summed E-state index contributed by atoms with van der Waals surface area (Å²) in [6, 6.07) is 14.8. The summed E-state index contributed by atoms with van der Waals surface area (Å²) in [6.45, 7) is 6.31. The molecule has 11 heteroatoms. The molecule has 0 saturated carbocycles. The highest BCUT2D eigenvalue weighted by Crippen LogP contribution is 2.59. The number of fused-ring (bicyclic) bond motifs is 10. The van der Waals surface area contributed by atoms with Crippen molar-refractivity contribution in [2.45, 2.75) is 77.0 Å². The maximum Gasteiger partial charge on any atom is 0.282 e. The van der Waals surface area contributed by atoms with E-state index < -0.39 is 10.0 Å². The van der Waals surface area contributed by atoms with Gasteiger partial charge in [-0.2, -0.15) is 22.7 Å². The second-order valence-corrected chi connectivity index (χ2v) is 17.5. The number of halogens is 2. The SMILES string of the molecule is CCC12CCC(=O)C(Br)=C1c1ccc3[nH]ncc3c1C2.CCC12CCC(=O)C(Br)=C1c1ccc3nn(S(=O)(=O)c4ccc(C)cc4)cc3c1C2. The van der Waals surface area contributed by atoms with Crippen LogP contribution in [0.4, 0.5) is 0 Å². The molecule has 8 nitrogen and oxygen atoms in total. The van der Waals surface area contributed by atoms with E-state index in [0.717, 1.165) is 80.3 Å². The third-order valence-corrected chi connectivity index (χ3v) is 14.9. The van der Waals surface area contributed by atoms with Gasteiger partial charge in [0.25, 0.3) is 10.0 Å². The van der Waals surface area contributed by atoms with Crippen LogP contribution in [-0.2, 0) is 32.5 Å². The zero-order valence-corrected chi connectivity index (χ0v) is 32.1. The van der Waals surface area contributed by atoms with E-state index in [9.17, 15) is 18.0 Å².